The van der Waals surface area contributed by atoms with Crippen molar-refractivity contribution in [2.45, 2.75) is 70.9 Å². The Hall–Kier alpha value is -0.900. The van der Waals surface area contributed by atoms with Crippen LogP contribution in [0.2, 0.25) is 0 Å². The van der Waals surface area contributed by atoms with Crippen molar-refractivity contribution >= 4 is 0 Å². The minimum Gasteiger partial charge on any atom is -0.312 e. The van der Waals surface area contributed by atoms with Gasteiger partial charge in [-0.05, 0) is 12.3 Å². The van der Waals surface area contributed by atoms with Crippen LogP contribution in [0.5, 0.6) is 0 Å². The average Bonchev–Trinajstić information content (AvgIpc) is 2.85. The molecule has 2 heterocycles. The molecule has 3 rings (SSSR count). The summed E-state index contributed by atoms with van der Waals surface area (Å²) in [5.74, 6) is 3.27. The van der Waals surface area contributed by atoms with E-state index in [1.165, 1.54) is 56.6 Å². The van der Waals surface area contributed by atoms with Gasteiger partial charge in [-0.2, -0.15) is 0 Å². The van der Waals surface area contributed by atoms with Gasteiger partial charge in [0.25, 0.3) is 0 Å². The molecule has 1 unspecified atom stereocenters. The summed E-state index contributed by atoms with van der Waals surface area (Å²) in [5, 5.41) is 12.5. The van der Waals surface area contributed by atoms with Gasteiger partial charge in [-0.25, -0.2) is 0 Å². The van der Waals surface area contributed by atoms with Crippen LogP contribution in [-0.2, 0) is 13.0 Å². The molecule has 1 aliphatic carbocycles. The molecule has 0 bridgehead atoms. The highest BCUT2D eigenvalue weighted by atomic mass is 15.3. The van der Waals surface area contributed by atoms with Crippen LogP contribution in [0.1, 0.15) is 69.6 Å². The van der Waals surface area contributed by atoms with Crippen LogP contribution < -0.4 is 5.32 Å². The second-order valence-electron chi connectivity index (χ2n) is 6.13. The lowest BCUT2D eigenvalue weighted by Crippen LogP contribution is -2.34. The van der Waals surface area contributed by atoms with E-state index in [2.05, 4.69) is 27.0 Å². The number of nitrogens with one attached hydrogen (secondary N) is 1. The normalized spacial score (nSPS) is 24.4. The zero-order valence-electron chi connectivity index (χ0n) is 12.1. The van der Waals surface area contributed by atoms with Gasteiger partial charge in [0.2, 0.25) is 0 Å². The predicted molar refractivity (Wildman–Crippen MR) is 76.0 cm³/mol. The first-order valence-electron chi connectivity index (χ1n) is 8.04. The molecule has 0 aromatic carbocycles. The van der Waals surface area contributed by atoms with E-state index in [1.807, 2.05) is 0 Å². The number of aromatic nitrogens is 3. The van der Waals surface area contributed by atoms with Crippen LogP contribution in [-0.4, -0.2) is 21.3 Å². The van der Waals surface area contributed by atoms with E-state index in [0.29, 0.717) is 6.04 Å². The largest absolute Gasteiger partial charge is 0.312 e. The Kier molecular flexibility index (Phi) is 4.16. The fourth-order valence-corrected chi connectivity index (χ4v) is 3.61. The molecule has 19 heavy (non-hydrogen) atoms. The molecule has 4 nitrogen and oxygen atoms in total. The van der Waals surface area contributed by atoms with Crippen LogP contribution in [0.4, 0.5) is 0 Å². The fraction of sp³-hybridized carbons (Fsp3) is 0.867. The molecule has 0 radical (unpaired) electrons. The minimum absolute atomic E-state index is 0.423. The summed E-state index contributed by atoms with van der Waals surface area (Å²) in [7, 11) is 0. The highest BCUT2D eigenvalue weighted by Gasteiger charge is 2.25. The molecule has 1 N–H and O–H groups in total. The van der Waals surface area contributed by atoms with Crippen molar-refractivity contribution in [3.05, 3.63) is 11.6 Å². The molecule has 1 atom stereocenters. The summed E-state index contributed by atoms with van der Waals surface area (Å²) in [4.78, 5) is 0. The molecule has 0 amide bonds. The number of fused-ring (bicyclic) bond motifs is 1. The van der Waals surface area contributed by atoms with Crippen LogP contribution in [0, 0.1) is 5.92 Å². The van der Waals surface area contributed by atoms with Gasteiger partial charge in [-0.1, -0.05) is 45.4 Å². The van der Waals surface area contributed by atoms with E-state index < -0.39 is 0 Å². The SMILES string of the molecule is CCCC1NCCn2c(CC3CCCCC3)nnc21. The van der Waals surface area contributed by atoms with Crippen molar-refractivity contribution in [2.24, 2.45) is 5.92 Å². The van der Waals surface area contributed by atoms with Crippen molar-refractivity contribution in [2.75, 3.05) is 6.54 Å². The molecule has 106 valence electrons. The number of rotatable bonds is 4. The molecule has 0 saturated heterocycles. The summed E-state index contributed by atoms with van der Waals surface area (Å²) >= 11 is 0. The van der Waals surface area contributed by atoms with Gasteiger partial charge in [-0.15, -0.1) is 10.2 Å². The summed E-state index contributed by atoms with van der Waals surface area (Å²) in [5.41, 5.74) is 0. The van der Waals surface area contributed by atoms with Crippen LogP contribution in [0.15, 0.2) is 0 Å². The highest BCUT2D eigenvalue weighted by Crippen LogP contribution is 2.28. The number of hydrogen-bond acceptors (Lipinski definition) is 3. The van der Waals surface area contributed by atoms with Crippen molar-refractivity contribution < 1.29 is 0 Å². The Labute approximate surface area is 116 Å². The lowest BCUT2D eigenvalue weighted by atomic mass is 9.87. The molecule has 2 aliphatic rings. The molecule has 1 aromatic rings. The van der Waals surface area contributed by atoms with E-state index in [9.17, 15) is 0 Å². The standard InChI is InChI=1S/C15H26N4/c1-2-6-13-15-18-17-14(19(15)10-9-16-13)11-12-7-4-3-5-8-12/h12-13,16H,2-11H2,1H3. The third kappa shape index (κ3) is 2.83. The van der Waals surface area contributed by atoms with Gasteiger partial charge in [-0.3, -0.25) is 0 Å². The van der Waals surface area contributed by atoms with Gasteiger partial charge in [0.05, 0.1) is 6.04 Å². The van der Waals surface area contributed by atoms with E-state index >= 15 is 0 Å². The van der Waals surface area contributed by atoms with Crippen LogP contribution >= 0.6 is 0 Å². The molecule has 1 aliphatic heterocycles. The van der Waals surface area contributed by atoms with E-state index in [1.54, 1.807) is 0 Å². The molecular weight excluding hydrogens is 236 g/mol. The van der Waals surface area contributed by atoms with Gasteiger partial charge < -0.3 is 9.88 Å². The second kappa shape index (κ2) is 6.04. The number of hydrogen-bond donors (Lipinski definition) is 1. The first-order chi connectivity index (χ1) is 9.38. The maximum Gasteiger partial charge on any atom is 0.150 e. The smallest absolute Gasteiger partial charge is 0.150 e. The first kappa shape index (κ1) is 13.1. The minimum atomic E-state index is 0.423. The van der Waals surface area contributed by atoms with Crippen LogP contribution in [0.3, 0.4) is 0 Å². The fourth-order valence-electron chi connectivity index (χ4n) is 3.61. The lowest BCUT2D eigenvalue weighted by molar-refractivity contribution is 0.339. The summed E-state index contributed by atoms with van der Waals surface area (Å²) in [6.07, 6.45) is 10.5. The average molecular weight is 262 g/mol. The molecule has 0 spiro atoms. The lowest BCUT2D eigenvalue weighted by Gasteiger charge is -2.26. The summed E-state index contributed by atoms with van der Waals surface area (Å²) in [6, 6.07) is 0.423. The summed E-state index contributed by atoms with van der Waals surface area (Å²) in [6.45, 7) is 4.35. The first-order valence-corrected chi connectivity index (χ1v) is 8.04. The topological polar surface area (TPSA) is 42.7 Å². The molecule has 1 fully saturated rings. The second-order valence-corrected chi connectivity index (χ2v) is 6.13. The van der Waals surface area contributed by atoms with Gasteiger partial charge in [0.1, 0.15) is 11.6 Å². The quantitative estimate of drug-likeness (QED) is 0.907. The summed E-state index contributed by atoms with van der Waals surface area (Å²) < 4.78 is 2.39. The maximum atomic E-state index is 4.50. The maximum absolute atomic E-state index is 4.50. The zero-order chi connectivity index (χ0) is 13.1. The highest BCUT2D eigenvalue weighted by molar-refractivity contribution is 5.05. The van der Waals surface area contributed by atoms with Crippen molar-refractivity contribution in [1.82, 2.24) is 20.1 Å². The van der Waals surface area contributed by atoms with Gasteiger partial charge in [0, 0.05) is 19.5 Å². The van der Waals surface area contributed by atoms with Crippen molar-refractivity contribution in [3.63, 3.8) is 0 Å². The number of nitrogens with zero attached hydrogens (tertiary/aromatic N) is 3. The Bertz CT molecular complexity index is 406. The Morgan fingerprint density at radius 1 is 1.21 bits per heavy atom. The predicted octanol–water partition coefficient (Wildman–Crippen LogP) is 2.85. The molecular formula is C15H26N4. The molecule has 1 aromatic heterocycles. The third-order valence-electron chi connectivity index (χ3n) is 4.67. The Morgan fingerprint density at radius 3 is 2.84 bits per heavy atom. The van der Waals surface area contributed by atoms with Gasteiger partial charge in [0.15, 0.2) is 0 Å². The zero-order valence-corrected chi connectivity index (χ0v) is 12.1. The van der Waals surface area contributed by atoms with Crippen LogP contribution in [0.25, 0.3) is 0 Å². The Balaban J connectivity index is 1.72. The van der Waals surface area contributed by atoms with E-state index in [4.69, 9.17) is 0 Å². The monoisotopic (exact) mass is 262 g/mol. The van der Waals surface area contributed by atoms with Gasteiger partial charge >= 0.3 is 0 Å². The van der Waals surface area contributed by atoms with E-state index in [-0.39, 0.29) is 0 Å². The van der Waals surface area contributed by atoms with Crippen molar-refractivity contribution in [1.29, 1.82) is 0 Å². The third-order valence-corrected chi connectivity index (χ3v) is 4.67. The molecule has 4 heteroatoms. The van der Waals surface area contributed by atoms with Crippen molar-refractivity contribution in [3.8, 4) is 0 Å². The molecule has 1 saturated carbocycles. The Morgan fingerprint density at radius 2 is 2.05 bits per heavy atom. The van der Waals surface area contributed by atoms with E-state index in [0.717, 1.165) is 25.4 Å².